The Hall–Kier alpha value is -2.02. The number of aromatic nitrogens is 3. The minimum Gasteiger partial charge on any atom is -0.461 e. The van der Waals surface area contributed by atoms with Crippen molar-refractivity contribution in [1.82, 2.24) is 19.7 Å². The Labute approximate surface area is 134 Å². The van der Waals surface area contributed by atoms with Gasteiger partial charge < -0.3 is 9.32 Å². The van der Waals surface area contributed by atoms with Gasteiger partial charge in [-0.25, -0.2) is 0 Å². The third kappa shape index (κ3) is 3.59. The Morgan fingerprint density at radius 3 is 2.82 bits per heavy atom. The highest BCUT2D eigenvalue weighted by Crippen LogP contribution is 2.24. The van der Waals surface area contributed by atoms with Gasteiger partial charge in [-0.3, -0.25) is 9.36 Å². The summed E-state index contributed by atoms with van der Waals surface area (Å²) in [4.78, 5) is 13.9. The molecular weight excluding hydrogens is 300 g/mol. The molecule has 0 aliphatic heterocycles. The van der Waals surface area contributed by atoms with E-state index in [-0.39, 0.29) is 5.91 Å². The smallest absolute Gasteiger partial charge is 0.233 e. The summed E-state index contributed by atoms with van der Waals surface area (Å²) in [5.41, 5.74) is 0. The maximum absolute atomic E-state index is 12.1. The van der Waals surface area contributed by atoms with Crippen LogP contribution in [0.3, 0.4) is 0 Å². The highest BCUT2D eigenvalue weighted by atomic mass is 32.2. The lowest BCUT2D eigenvalue weighted by Crippen LogP contribution is -2.31. The molecule has 0 saturated carbocycles. The Balaban J connectivity index is 2.14. The molecule has 0 unspecified atom stereocenters. The second-order valence-electron chi connectivity index (χ2n) is 4.54. The highest BCUT2D eigenvalue weighted by molar-refractivity contribution is 7.99. The van der Waals surface area contributed by atoms with Crippen LogP contribution in [0.2, 0.25) is 0 Å². The summed E-state index contributed by atoms with van der Waals surface area (Å²) >= 11 is 1.38. The van der Waals surface area contributed by atoms with E-state index in [9.17, 15) is 4.79 Å². The molecule has 0 aliphatic carbocycles. The number of furan rings is 1. The fourth-order valence-corrected chi connectivity index (χ4v) is 2.92. The van der Waals surface area contributed by atoms with Crippen LogP contribution < -0.4 is 0 Å². The molecule has 1 amide bonds. The summed E-state index contributed by atoms with van der Waals surface area (Å²) in [6.07, 6.45) is 3.37. The molecule has 0 spiro atoms. The summed E-state index contributed by atoms with van der Waals surface area (Å²) in [5, 5.41) is 9.02. The molecule has 0 radical (unpaired) electrons. The maximum atomic E-state index is 12.1. The maximum Gasteiger partial charge on any atom is 0.233 e. The van der Waals surface area contributed by atoms with Gasteiger partial charge in [0.25, 0.3) is 0 Å². The number of hydrogen-bond acceptors (Lipinski definition) is 5. The van der Waals surface area contributed by atoms with Gasteiger partial charge in [0.2, 0.25) is 11.7 Å². The van der Waals surface area contributed by atoms with E-state index in [1.165, 1.54) is 11.8 Å². The van der Waals surface area contributed by atoms with Gasteiger partial charge in [-0.15, -0.1) is 16.8 Å². The van der Waals surface area contributed by atoms with E-state index in [1.807, 2.05) is 24.5 Å². The number of rotatable bonds is 8. The molecule has 0 fully saturated rings. The molecule has 22 heavy (non-hydrogen) atoms. The minimum absolute atomic E-state index is 0.0997. The molecule has 0 aromatic carbocycles. The van der Waals surface area contributed by atoms with E-state index >= 15 is 0 Å². The standard InChI is InChI=1S/C15H20N4O2S/c1-4-9-19-14(12-8-7-10-21-12)16-17-15(19)22-11-13(20)18(5-2)6-3/h4,7-8,10H,1,5-6,9,11H2,2-3H3. The van der Waals surface area contributed by atoms with Gasteiger partial charge in [0.1, 0.15) is 0 Å². The predicted octanol–water partition coefficient (Wildman–Crippen LogP) is 2.68. The van der Waals surface area contributed by atoms with Gasteiger partial charge in [-0.1, -0.05) is 17.8 Å². The molecule has 6 nitrogen and oxygen atoms in total. The first-order chi connectivity index (χ1) is 10.7. The van der Waals surface area contributed by atoms with Gasteiger partial charge in [0.05, 0.1) is 12.0 Å². The lowest BCUT2D eigenvalue weighted by Gasteiger charge is -2.18. The second kappa shape index (κ2) is 7.84. The lowest BCUT2D eigenvalue weighted by molar-refractivity contribution is -0.127. The van der Waals surface area contributed by atoms with Crippen LogP contribution >= 0.6 is 11.8 Å². The summed E-state index contributed by atoms with van der Waals surface area (Å²) < 4.78 is 7.27. The van der Waals surface area contributed by atoms with E-state index in [4.69, 9.17) is 4.42 Å². The van der Waals surface area contributed by atoms with Crippen LogP contribution in [0.25, 0.3) is 11.6 Å². The number of allylic oxidation sites excluding steroid dienone is 1. The summed E-state index contributed by atoms with van der Waals surface area (Å²) in [5.74, 6) is 1.73. The SMILES string of the molecule is C=CCn1c(SCC(=O)N(CC)CC)nnc1-c1ccco1. The van der Waals surface area contributed by atoms with E-state index in [0.717, 1.165) is 0 Å². The van der Waals surface area contributed by atoms with Crippen LogP contribution in [0, 0.1) is 0 Å². The molecule has 2 aromatic rings. The highest BCUT2D eigenvalue weighted by Gasteiger charge is 2.17. The minimum atomic E-state index is 0.0997. The number of hydrogen-bond donors (Lipinski definition) is 0. The first-order valence-corrected chi connectivity index (χ1v) is 8.18. The van der Waals surface area contributed by atoms with Gasteiger partial charge in [0.15, 0.2) is 10.9 Å². The van der Waals surface area contributed by atoms with E-state index in [0.29, 0.717) is 42.1 Å². The summed E-state index contributed by atoms with van der Waals surface area (Å²) in [6, 6.07) is 3.64. The zero-order valence-corrected chi connectivity index (χ0v) is 13.7. The van der Waals surface area contributed by atoms with Crippen molar-refractivity contribution in [3.05, 3.63) is 31.1 Å². The van der Waals surface area contributed by atoms with E-state index < -0.39 is 0 Å². The third-order valence-corrected chi connectivity index (χ3v) is 4.16. The second-order valence-corrected chi connectivity index (χ2v) is 5.48. The van der Waals surface area contributed by atoms with Gasteiger partial charge in [0, 0.05) is 19.6 Å². The third-order valence-electron chi connectivity index (χ3n) is 3.21. The fourth-order valence-electron chi connectivity index (χ4n) is 2.07. The predicted molar refractivity (Wildman–Crippen MR) is 86.6 cm³/mol. The van der Waals surface area contributed by atoms with Crippen molar-refractivity contribution >= 4 is 17.7 Å². The first-order valence-electron chi connectivity index (χ1n) is 7.19. The van der Waals surface area contributed by atoms with Crippen LogP contribution in [0.5, 0.6) is 0 Å². The summed E-state index contributed by atoms with van der Waals surface area (Å²) in [6.45, 7) is 9.70. The molecule has 2 rings (SSSR count). The average molecular weight is 320 g/mol. The van der Waals surface area contributed by atoms with E-state index in [1.54, 1.807) is 23.3 Å². The summed E-state index contributed by atoms with van der Waals surface area (Å²) in [7, 11) is 0. The molecular formula is C15H20N4O2S. The zero-order valence-electron chi connectivity index (χ0n) is 12.9. The number of carbonyl (C=O) groups is 1. The topological polar surface area (TPSA) is 64.2 Å². The van der Waals surface area contributed by atoms with Crippen LogP contribution in [0.15, 0.2) is 40.6 Å². The van der Waals surface area contributed by atoms with Gasteiger partial charge in [-0.05, 0) is 26.0 Å². The Morgan fingerprint density at radius 1 is 1.45 bits per heavy atom. The Kier molecular flexibility index (Phi) is 5.83. The van der Waals surface area contributed by atoms with Crippen molar-refractivity contribution in [2.45, 2.75) is 25.5 Å². The van der Waals surface area contributed by atoms with Crippen molar-refractivity contribution in [3.8, 4) is 11.6 Å². The van der Waals surface area contributed by atoms with Crippen LogP contribution in [0.1, 0.15) is 13.8 Å². The first kappa shape index (κ1) is 16.4. The molecule has 0 saturated heterocycles. The molecule has 0 aliphatic rings. The molecule has 2 heterocycles. The van der Waals surface area contributed by atoms with Crippen LogP contribution in [-0.4, -0.2) is 44.4 Å². The monoisotopic (exact) mass is 320 g/mol. The number of amides is 1. The van der Waals surface area contributed by atoms with Crippen LogP contribution in [-0.2, 0) is 11.3 Å². The number of nitrogens with zero attached hydrogens (tertiary/aromatic N) is 4. The lowest BCUT2D eigenvalue weighted by atomic mass is 10.4. The number of thioether (sulfide) groups is 1. The molecule has 0 atom stereocenters. The molecule has 118 valence electrons. The molecule has 0 N–H and O–H groups in total. The fraction of sp³-hybridized carbons (Fsp3) is 0.400. The van der Waals surface area contributed by atoms with Gasteiger partial charge in [-0.2, -0.15) is 0 Å². The quantitative estimate of drug-likeness (QED) is 0.553. The van der Waals surface area contributed by atoms with Crippen molar-refractivity contribution in [3.63, 3.8) is 0 Å². The van der Waals surface area contributed by atoms with Crippen molar-refractivity contribution < 1.29 is 9.21 Å². The largest absolute Gasteiger partial charge is 0.461 e. The number of carbonyl (C=O) groups excluding carboxylic acids is 1. The zero-order chi connectivity index (χ0) is 15.9. The van der Waals surface area contributed by atoms with Crippen molar-refractivity contribution in [1.29, 1.82) is 0 Å². The molecule has 0 bridgehead atoms. The Bertz CT molecular complexity index is 618. The van der Waals surface area contributed by atoms with E-state index in [2.05, 4.69) is 16.8 Å². The van der Waals surface area contributed by atoms with Gasteiger partial charge >= 0.3 is 0 Å². The van der Waals surface area contributed by atoms with Crippen molar-refractivity contribution in [2.24, 2.45) is 0 Å². The van der Waals surface area contributed by atoms with Crippen LogP contribution in [0.4, 0.5) is 0 Å². The molecule has 7 heteroatoms. The van der Waals surface area contributed by atoms with Crippen molar-refractivity contribution in [2.75, 3.05) is 18.8 Å². The molecule has 2 aromatic heterocycles. The normalized spacial score (nSPS) is 10.6. The Morgan fingerprint density at radius 2 is 2.23 bits per heavy atom. The average Bonchev–Trinajstić information content (AvgIpc) is 3.16.